The minimum atomic E-state index is 0.498. The summed E-state index contributed by atoms with van der Waals surface area (Å²) in [6, 6.07) is 10.8. The molecule has 1 aliphatic carbocycles. The lowest BCUT2D eigenvalue weighted by Crippen LogP contribution is -2.25. The fourth-order valence-corrected chi connectivity index (χ4v) is 5.30. The Balaban J connectivity index is 0.00000111. The number of nitrogens with zero attached hydrogens (tertiary/aromatic N) is 4. The van der Waals surface area contributed by atoms with E-state index in [2.05, 4.69) is 69.7 Å². The van der Waals surface area contributed by atoms with Crippen LogP contribution in [0, 0.1) is 0 Å². The van der Waals surface area contributed by atoms with Gasteiger partial charge in [-0.05, 0) is 67.9 Å². The summed E-state index contributed by atoms with van der Waals surface area (Å²) < 4.78 is 6.13. The second kappa shape index (κ2) is 17.3. The number of nitrogens with one attached hydrogen (secondary N) is 2. The second-order valence-corrected chi connectivity index (χ2v) is 9.86. The van der Waals surface area contributed by atoms with Crippen LogP contribution in [0.25, 0.3) is 5.57 Å². The van der Waals surface area contributed by atoms with Gasteiger partial charge in [-0.2, -0.15) is 4.98 Å². The quantitative estimate of drug-likeness (QED) is 0.244. The van der Waals surface area contributed by atoms with Crippen LogP contribution in [0.2, 0.25) is 0 Å². The summed E-state index contributed by atoms with van der Waals surface area (Å²) in [5.41, 5.74) is 8.77. The minimum Gasteiger partial charge on any atom is -0.477 e. The molecule has 222 valence electrons. The fourth-order valence-electron chi connectivity index (χ4n) is 5.30. The molecule has 0 unspecified atom stereocenters. The number of benzene rings is 1. The van der Waals surface area contributed by atoms with Crippen LogP contribution < -0.4 is 20.3 Å². The highest BCUT2D eigenvalue weighted by Crippen LogP contribution is 2.40. The Bertz CT molecular complexity index is 1220. The normalized spacial score (nSPS) is 13.3. The molecule has 5 rings (SSSR count). The maximum Gasteiger partial charge on any atom is 0.217 e. The van der Waals surface area contributed by atoms with Crippen molar-refractivity contribution in [2.75, 3.05) is 41.8 Å². The average molecular weight is 559 g/mol. The van der Waals surface area contributed by atoms with Gasteiger partial charge in [0.1, 0.15) is 5.82 Å². The standard InChI is InChI=1S/C30H38N6O.2C2H6/c1-3-14-36(15-4-2)25-18-29(35-30(19-25)37-16-11-24-21-31-12-13-32-24)34-23-9-10-28-27(17-23)26-8-6-5-7-22(26)20-33-28;2*1-2/h9-10,12-13,17-19,21,33H,3-8,11,14-16,20H2,1-2H3,(H,34,35);2*1-2H3. The first-order valence-corrected chi connectivity index (χ1v) is 15.7. The first kappa shape index (κ1) is 31.9. The van der Waals surface area contributed by atoms with Gasteiger partial charge in [-0.15, -0.1) is 0 Å². The zero-order chi connectivity index (χ0) is 29.5. The fraction of sp³-hybridized carbons (Fsp3) is 0.500. The second-order valence-electron chi connectivity index (χ2n) is 9.86. The monoisotopic (exact) mass is 558 g/mol. The summed E-state index contributed by atoms with van der Waals surface area (Å²) in [5, 5.41) is 7.20. The molecule has 0 radical (unpaired) electrons. The van der Waals surface area contributed by atoms with Gasteiger partial charge in [0, 0.05) is 79.4 Å². The van der Waals surface area contributed by atoms with Crippen molar-refractivity contribution in [3.63, 3.8) is 0 Å². The molecular formula is C34H50N6O. The van der Waals surface area contributed by atoms with Gasteiger partial charge in [-0.3, -0.25) is 9.97 Å². The van der Waals surface area contributed by atoms with E-state index >= 15 is 0 Å². The van der Waals surface area contributed by atoms with Gasteiger partial charge in [0.05, 0.1) is 12.3 Å². The van der Waals surface area contributed by atoms with Crippen molar-refractivity contribution in [3.8, 4) is 5.88 Å². The summed E-state index contributed by atoms with van der Waals surface area (Å²) in [6.07, 6.45) is 13.0. The van der Waals surface area contributed by atoms with Crippen molar-refractivity contribution in [1.29, 1.82) is 0 Å². The molecule has 7 nitrogen and oxygen atoms in total. The van der Waals surface area contributed by atoms with Crippen molar-refractivity contribution >= 4 is 28.5 Å². The third kappa shape index (κ3) is 8.94. The smallest absolute Gasteiger partial charge is 0.217 e. The molecule has 0 saturated carbocycles. The molecule has 1 aromatic carbocycles. The van der Waals surface area contributed by atoms with Gasteiger partial charge >= 0.3 is 0 Å². The summed E-state index contributed by atoms with van der Waals surface area (Å²) >= 11 is 0. The van der Waals surface area contributed by atoms with Crippen LogP contribution in [-0.2, 0) is 6.42 Å². The van der Waals surface area contributed by atoms with E-state index in [1.807, 2.05) is 27.7 Å². The Labute approximate surface area is 247 Å². The lowest BCUT2D eigenvalue weighted by atomic mass is 9.84. The first-order valence-electron chi connectivity index (χ1n) is 15.7. The van der Waals surface area contributed by atoms with E-state index in [1.165, 1.54) is 42.5 Å². The number of hydrogen-bond donors (Lipinski definition) is 2. The van der Waals surface area contributed by atoms with Gasteiger partial charge in [-0.1, -0.05) is 41.5 Å². The van der Waals surface area contributed by atoms with E-state index in [0.29, 0.717) is 18.9 Å². The summed E-state index contributed by atoms with van der Waals surface area (Å²) in [5.74, 6) is 1.42. The molecule has 2 N–H and O–H groups in total. The molecule has 2 aromatic heterocycles. The number of pyridine rings is 1. The van der Waals surface area contributed by atoms with Gasteiger partial charge in [0.15, 0.2) is 0 Å². The molecule has 3 heterocycles. The number of anilines is 4. The largest absolute Gasteiger partial charge is 0.477 e. The molecule has 0 spiro atoms. The SMILES string of the molecule is CC.CC.CCCN(CCC)c1cc(Nc2ccc3c(c2)C2=C(CCCC2)CN3)nc(OCCc2cnccn2)c1. The zero-order valence-electron chi connectivity index (χ0n) is 26.1. The highest BCUT2D eigenvalue weighted by molar-refractivity contribution is 5.84. The van der Waals surface area contributed by atoms with Gasteiger partial charge in [0.2, 0.25) is 5.88 Å². The molecule has 2 aliphatic rings. The Morgan fingerprint density at radius 1 is 0.951 bits per heavy atom. The number of ether oxygens (including phenoxy) is 1. The maximum atomic E-state index is 6.13. The number of fused-ring (bicyclic) bond motifs is 2. The first-order chi connectivity index (χ1) is 20.2. The van der Waals surface area contributed by atoms with Crippen molar-refractivity contribution in [1.82, 2.24) is 15.0 Å². The number of allylic oxidation sites excluding steroid dienone is 1. The summed E-state index contributed by atoms with van der Waals surface area (Å²) in [7, 11) is 0. The topological polar surface area (TPSA) is 75.2 Å². The van der Waals surface area contributed by atoms with Crippen LogP contribution in [0.5, 0.6) is 5.88 Å². The molecule has 7 heteroatoms. The van der Waals surface area contributed by atoms with Crippen LogP contribution in [0.4, 0.5) is 22.9 Å². The predicted octanol–water partition coefficient (Wildman–Crippen LogP) is 8.67. The maximum absolute atomic E-state index is 6.13. The molecule has 0 bridgehead atoms. The van der Waals surface area contributed by atoms with Crippen LogP contribution >= 0.6 is 0 Å². The van der Waals surface area contributed by atoms with Crippen LogP contribution in [0.1, 0.15) is 91.3 Å². The number of rotatable bonds is 11. The minimum absolute atomic E-state index is 0.498. The molecule has 0 amide bonds. The Morgan fingerprint density at radius 3 is 2.46 bits per heavy atom. The van der Waals surface area contributed by atoms with Crippen molar-refractivity contribution in [2.45, 2.75) is 86.5 Å². The van der Waals surface area contributed by atoms with E-state index in [1.54, 1.807) is 24.2 Å². The van der Waals surface area contributed by atoms with E-state index in [-0.39, 0.29) is 0 Å². The van der Waals surface area contributed by atoms with Crippen molar-refractivity contribution < 1.29 is 4.74 Å². The van der Waals surface area contributed by atoms with Gasteiger partial charge < -0.3 is 20.3 Å². The number of aromatic nitrogens is 3. The van der Waals surface area contributed by atoms with Gasteiger partial charge in [-0.25, -0.2) is 0 Å². The third-order valence-electron chi connectivity index (χ3n) is 7.06. The zero-order valence-corrected chi connectivity index (χ0v) is 26.1. The molecule has 41 heavy (non-hydrogen) atoms. The van der Waals surface area contributed by atoms with Crippen molar-refractivity contribution in [2.24, 2.45) is 0 Å². The van der Waals surface area contributed by atoms with Crippen LogP contribution in [0.3, 0.4) is 0 Å². The molecule has 0 atom stereocenters. The highest BCUT2D eigenvalue weighted by Gasteiger charge is 2.21. The Morgan fingerprint density at radius 2 is 1.73 bits per heavy atom. The van der Waals surface area contributed by atoms with Crippen LogP contribution in [-0.4, -0.2) is 41.2 Å². The summed E-state index contributed by atoms with van der Waals surface area (Å²) in [4.78, 5) is 15.7. The lowest BCUT2D eigenvalue weighted by Gasteiger charge is -2.29. The van der Waals surface area contributed by atoms with Crippen molar-refractivity contribution in [3.05, 3.63) is 65.8 Å². The molecule has 0 saturated heterocycles. The highest BCUT2D eigenvalue weighted by atomic mass is 16.5. The van der Waals surface area contributed by atoms with Crippen LogP contribution in [0.15, 0.2) is 54.5 Å². The third-order valence-corrected chi connectivity index (χ3v) is 7.06. The Kier molecular flexibility index (Phi) is 13.4. The number of hydrogen-bond acceptors (Lipinski definition) is 7. The molecule has 0 fully saturated rings. The summed E-state index contributed by atoms with van der Waals surface area (Å²) in [6.45, 7) is 15.9. The van der Waals surface area contributed by atoms with E-state index in [4.69, 9.17) is 9.72 Å². The van der Waals surface area contributed by atoms with E-state index in [0.717, 1.165) is 55.4 Å². The average Bonchev–Trinajstić information content (AvgIpc) is 3.03. The predicted molar refractivity (Wildman–Crippen MR) is 175 cm³/mol. The molecular weight excluding hydrogens is 508 g/mol. The molecule has 3 aromatic rings. The van der Waals surface area contributed by atoms with Gasteiger partial charge in [0.25, 0.3) is 0 Å². The van der Waals surface area contributed by atoms with E-state index < -0.39 is 0 Å². The van der Waals surface area contributed by atoms with E-state index in [9.17, 15) is 0 Å². The lowest BCUT2D eigenvalue weighted by molar-refractivity contribution is 0.308. The molecule has 1 aliphatic heterocycles. The Hall–Kier alpha value is -3.61.